The number of nitrogens with zero attached hydrogens (tertiary/aromatic N) is 9. The molecule has 0 radical (unpaired) electrons. The zero-order valence-electron chi connectivity index (χ0n) is 36.5. The molecule has 6 N–H and O–H groups in total. The number of H-pyrrole nitrogens is 1. The van der Waals surface area contributed by atoms with E-state index in [1.807, 2.05) is 33.0 Å². The van der Waals surface area contributed by atoms with Gasteiger partial charge in [-0.15, -0.1) is 29.8 Å². The number of benzene rings is 2. The average Bonchev–Trinajstić information content (AvgIpc) is 3.99. The van der Waals surface area contributed by atoms with Crippen LogP contribution in [-0.2, 0) is 50.4 Å². The van der Waals surface area contributed by atoms with E-state index < -0.39 is 31.6 Å². The van der Waals surface area contributed by atoms with Crippen molar-refractivity contribution in [3.8, 4) is 12.3 Å². The average molecular weight is 943 g/mol. The molecule has 3 aromatic heterocycles. The van der Waals surface area contributed by atoms with Crippen molar-refractivity contribution in [3.05, 3.63) is 107 Å². The number of ether oxygens (including phenoxy) is 1. The van der Waals surface area contributed by atoms with Crippen LogP contribution in [0.3, 0.4) is 0 Å². The molecule has 0 bridgehead atoms. The summed E-state index contributed by atoms with van der Waals surface area (Å²) in [5, 5.41) is 11.5. The van der Waals surface area contributed by atoms with Crippen LogP contribution in [0.5, 0.6) is 0 Å². The quantitative estimate of drug-likeness (QED) is 0.0189. The maximum absolute atomic E-state index is 12.3. The minimum absolute atomic E-state index is 0. The second-order valence-corrected chi connectivity index (χ2v) is 19.1. The molecular formula is C42H60ClN13O6S2. The van der Waals surface area contributed by atoms with Crippen molar-refractivity contribution in [1.82, 2.24) is 39.2 Å². The molecule has 0 amide bonds. The Morgan fingerprint density at radius 3 is 2.14 bits per heavy atom. The number of sulfone groups is 1. The first kappa shape index (κ1) is 54.2. The maximum Gasteiger partial charge on any atom is 0.421 e. The molecule has 5 aromatic rings. The van der Waals surface area contributed by atoms with E-state index in [4.69, 9.17) is 28.2 Å². The molecule has 19 nitrogen and oxygen atoms in total. The lowest BCUT2D eigenvalue weighted by Gasteiger charge is -2.19. The van der Waals surface area contributed by atoms with Gasteiger partial charge in [0.1, 0.15) is 5.60 Å². The van der Waals surface area contributed by atoms with Gasteiger partial charge in [-0.05, 0) is 102 Å². The first-order valence-electron chi connectivity index (χ1n) is 20.5. The lowest BCUT2D eigenvalue weighted by molar-refractivity contribution is 0.0540. The smallest absolute Gasteiger partial charge is 0.421 e. The van der Waals surface area contributed by atoms with Crippen LogP contribution in [0.25, 0.3) is 10.4 Å². The van der Waals surface area contributed by atoms with Crippen LogP contribution in [0.1, 0.15) is 89.2 Å². The Kier molecular flexibility index (Phi) is 23.7. The van der Waals surface area contributed by atoms with E-state index in [1.165, 1.54) is 16.7 Å². The first-order chi connectivity index (χ1) is 30.0. The van der Waals surface area contributed by atoms with Crippen molar-refractivity contribution in [3.63, 3.8) is 0 Å². The molecule has 0 aliphatic heterocycles. The molecule has 0 spiro atoms. The molecule has 348 valence electrons. The number of anilines is 2. The van der Waals surface area contributed by atoms with Gasteiger partial charge < -0.3 is 21.2 Å². The number of azide groups is 1. The molecule has 3 heterocycles. The molecule has 64 heavy (non-hydrogen) atoms. The number of carbonyl (C=O) groups excluding carboxylic acids is 1. The Morgan fingerprint density at radius 2 is 1.53 bits per heavy atom. The molecule has 0 saturated carbocycles. The number of hydrogen-bond acceptors (Lipinski definition) is 13. The number of aromatic amines is 1. The summed E-state index contributed by atoms with van der Waals surface area (Å²) in [4.78, 5) is 26.2. The van der Waals surface area contributed by atoms with Crippen molar-refractivity contribution in [2.45, 2.75) is 113 Å². The third kappa shape index (κ3) is 21.0. The summed E-state index contributed by atoms with van der Waals surface area (Å²) in [6.45, 7) is 6.17. The summed E-state index contributed by atoms with van der Waals surface area (Å²) in [6, 6.07) is 16.5. The molecule has 0 fully saturated rings. The summed E-state index contributed by atoms with van der Waals surface area (Å²) in [6.07, 6.45) is 20.1. The fraction of sp³-hybridized carbons (Fsp3) is 0.452. The minimum atomic E-state index is -3.47. The summed E-state index contributed by atoms with van der Waals surface area (Å²) < 4.78 is 58.2. The van der Waals surface area contributed by atoms with Gasteiger partial charge in [-0.25, -0.2) is 40.9 Å². The number of nitrogens with one attached hydrogen (secondary N) is 2. The Labute approximate surface area is 382 Å². The van der Waals surface area contributed by atoms with E-state index in [0.717, 1.165) is 81.3 Å². The Bertz CT molecular complexity index is 2440. The molecule has 5 rings (SSSR count). The van der Waals surface area contributed by atoms with E-state index in [-0.39, 0.29) is 42.1 Å². The third-order valence-corrected chi connectivity index (χ3v) is 12.1. The predicted octanol–water partition coefficient (Wildman–Crippen LogP) is 7.08. The van der Waals surface area contributed by atoms with Crippen LogP contribution >= 0.6 is 12.4 Å². The van der Waals surface area contributed by atoms with Crippen molar-refractivity contribution in [2.75, 3.05) is 30.3 Å². The summed E-state index contributed by atoms with van der Waals surface area (Å²) in [5.41, 5.74) is 21.5. The minimum Gasteiger partial charge on any atom is -0.443 e. The predicted molar refractivity (Wildman–Crippen MR) is 250 cm³/mol. The zero-order valence-corrected chi connectivity index (χ0v) is 39.0. The number of rotatable bonds is 21. The normalized spacial score (nSPS) is 11.1. The summed E-state index contributed by atoms with van der Waals surface area (Å²) in [7, 11) is -6.72. The first-order valence-corrected chi connectivity index (χ1v) is 23.7. The summed E-state index contributed by atoms with van der Waals surface area (Å²) in [5.74, 6) is 3.34. The van der Waals surface area contributed by atoms with E-state index >= 15 is 0 Å². The van der Waals surface area contributed by atoms with Crippen LogP contribution in [0, 0.1) is 12.3 Å². The molecule has 0 aliphatic carbocycles. The highest BCUT2D eigenvalue weighted by Gasteiger charge is 2.20. The van der Waals surface area contributed by atoms with Gasteiger partial charge in [-0.3, -0.25) is 4.68 Å². The Hall–Kier alpha value is -5.91. The molecule has 0 saturated heterocycles. The fourth-order valence-electron chi connectivity index (χ4n) is 5.72. The number of sulfonamides is 1. The van der Waals surface area contributed by atoms with E-state index in [9.17, 15) is 21.6 Å². The second-order valence-electron chi connectivity index (χ2n) is 15.2. The molecule has 0 aliphatic rings. The van der Waals surface area contributed by atoms with E-state index in [2.05, 4.69) is 45.9 Å². The van der Waals surface area contributed by atoms with E-state index in [1.54, 1.807) is 59.5 Å². The second kappa shape index (κ2) is 28.0. The molecular weight excluding hydrogens is 882 g/mol. The number of aromatic nitrogens is 7. The van der Waals surface area contributed by atoms with Crippen LogP contribution in [-0.4, -0.2) is 81.9 Å². The largest absolute Gasteiger partial charge is 0.443 e. The Morgan fingerprint density at radius 1 is 0.906 bits per heavy atom. The number of carbonyl (C=O) groups is 1. The standard InChI is InChI=1S/C19H26N6O2S.C15H23N3O2.C8H10N4O2S.ClH/c20-19-21-14-16(22-19)8-3-1-4-9-17-15-25(24-23-17)12-7-13-28(26,27)18-10-5-2-6-11-18;1-5-6-7-8-9-10-12-11-18(13(16)17-12)14(19)20-15(2,3)4;9-12-10-6-7-11-15(13,14)8-4-2-1-3-5-8;/h2,5-6,10-11,14-15H,1,3-4,7-9,12-13H2,(H3,20,21,22);1,11H,6-10H2,2-4H3,(H2,16,17);1-5,11H,6-7H2;1H. The van der Waals surface area contributed by atoms with Gasteiger partial charge in [0.05, 0.1) is 33.1 Å². The number of nitrogen functional groups attached to an aromatic ring is 2. The van der Waals surface area contributed by atoms with Gasteiger partial charge in [-0.1, -0.05) is 59.6 Å². The number of terminal acetylenes is 1. The van der Waals surface area contributed by atoms with E-state index in [0.29, 0.717) is 23.8 Å². The van der Waals surface area contributed by atoms with Crippen molar-refractivity contribution < 1.29 is 26.4 Å². The highest BCUT2D eigenvalue weighted by atomic mass is 35.5. The third-order valence-electron chi connectivity index (χ3n) is 8.76. The monoisotopic (exact) mass is 941 g/mol. The van der Waals surface area contributed by atoms with Crippen molar-refractivity contribution >= 4 is 50.3 Å². The summed E-state index contributed by atoms with van der Waals surface area (Å²) >= 11 is 0. The van der Waals surface area contributed by atoms with Crippen LogP contribution in [0.2, 0.25) is 0 Å². The number of nitrogens with two attached hydrogens (primary N) is 2. The molecule has 2 aromatic carbocycles. The van der Waals surface area contributed by atoms with Gasteiger partial charge >= 0.3 is 6.09 Å². The van der Waals surface area contributed by atoms with Gasteiger partial charge in [0.15, 0.2) is 15.8 Å². The zero-order chi connectivity index (χ0) is 46.1. The highest BCUT2D eigenvalue weighted by Crippen LogP contribution is 2.15. The topological polar surface area (TPSA) is 285 Å². The number of imidazole rings is 2. The van der Waals surface area contributed by atoms with Crippen LogP contribution < -0.4 is 16.2 Å². The van der Waals surface area contributed by atoms with Crippen LogP contribution in [0.4, 0.5) is 16.7 Å². The van der Waals surface area contributed by atoms with Gasteiger partial charge in [0, 0.05) is 49.1 Å². The highest BCUT2D eigenvalue weighted by molar-refractivity contribution is 7.91. The molecule has 0 unspecified atom stereocenters. The lowest BCUT2D eigenvalue weighted by atomic mass is 10.1. The number of hydrogen-bond donors (Lipinski definition) is 4. The number of halogens is 1. The molecule has 22 heteroatoms. The SMILES string of the molecule is C#CCCCCCc1cn(C(=O)OC(C)(C)C)c(N)n1.Cl.Nc1ncc(CCCCCc2cn(CCCS(=O)(=O)c3ccccc3)nn2)[nH]1.[N-]=[N+]=NCCNS(=O)(=O)c1ccccc1. The van der Waals surface area contributed by atoms with Gasteiger partial charge in [0.2, 0.25) is 16.0 Å². The fourth-order valence-corrected chi connectivity index (χ4v) is 8.08. The number of aryl methyl sites for hydroxylation is 4. The van der Waals surface area contributed by atoms with Gasteiger partial charge in [0.25, 0.3) is 0 Å². The van der Waals surface area contributed by atoms with Crippen molar-refractivity contribution in [1.29, 1.82) is 0 Å². The number of unbranched alkanes of at least 4 members (excludes halogenated alkanes) is 5. The molecule has 0 atom stereocenters. The maximum atomic E-state index is 12.3. The lowest BCUT2D eigenvalue weighted by Crippen LogP contribution is -2.27. The van der Waals surface area contributed by atoms with Crippen molar-refractivity contribution in [2.24, 2.45) is 5.11 Å². The van der Waals surface area contributed by atoms with Gasteiger partial charge in [-0.2, -0.15) is 0 Å². The Balaban J connectivity index is 0.000000345. The van der Waals surface area contributed by atoms with Crippen LogP contribution in [0.15, 0.2) is 94.2 Å².